The van der Waals surface area contributed by atoms with E-state index in [9.17, 15) is 22.0 Å². The van der Waals surface area contributed by atoms with Gasteiger partial charge in [0.1, 0.15) is 0 Å². The van der Waals surface area contributed by atoms with Crippen molar-refractivity contribution in [1.82, 2.24) is 4.98 Å². The third kappa shape index (κ3) is 3.42. The van der Waals surface area contributed by atoms with Crippen molar-refractivity contribution in [3.8, 4) is 11.6 Å². The van der Waals surface area contributed by atoms with Crippen LogP contribution in [0.4, 0.5) is 22.0 Å². The van der Waals surface area contributed by atoms with Crippen LogP contribution in [0.1, 0.15) is 17.7 Å². The second-order valence-electron chi connectivity index (χ2n) is 3.09. The van der Waals surface area contributed by atoms with Crippen molar-refractivity contribution in [2.75, 3.05) is 7.11 Å². The van der Waals surface area contributed by atoms with E-state index in [1.54, 1.807) is 0 Å². The Kier molecular flexibility index (Phi) is 4.28. The van der Waals surface area contributed by atoms with Gasteiger partial charge in [-0.2, -0.15) is 0 Å². The third-order valence-electron chi connectivity index (χ3n) is 1.88. The predicted octanol–water partition coefficient (Wildman–Crippen LogP) is 2.39. The number of rotatable bonds is 4. The molecule has 1 heterocycles. The first-order chi connectivity index (χ1) is 8.28. The number of nitrogens with zero attached hydrogens (tertiary/aromatic N) is 1. The zero-order valence-electron chi connectivity index (χ0n) is 9.09. The van der Waals surface area contributed by atoms with E-state index in [0.717, 1.165) is 13.2 Å². The lowest BCUT2D eigenvalue weighted by molar-refractivity contribution is -0.275. The number of pyridine rings is 1. The van der Waals surface area contributed by atoms with Crippen LogP contribution in [0.2, 0.25) is 0 Å². The van der Waals surface area contributed by atoms with Crippen LogP contribution in [-0.2, 0) is 6.54 Å². The lowest BCUT2D eigenvalue weighted by Crippen LogP contribution is -2.19. The zero-order valence-corrected chi connectivity index (χ0v) is 9.09. The summed E-state index contributed by atoms with van der Waals surface area (Å²) in [5.74, 6) is -1.84. The van der Waals surface area contributed by atoms with Gasteiger partial charge in [0.05, 0.1) is 18.4 Å². The fourth-order valence-electron chi connectivity index (χ4n) is 1.21. The second-order valence-corrected chi connectivity index (χ2v) is 3.09. The number of nitrogens with two attached hydrogens (primary N) is 1. The molecule has 0 amide bonds. The molecule has 0 saturated carbocycles. The fourth-order valence-corrected chi connectivity index (χ4v) is 1.21. The molecule has 1 rings (SSSR count). The molecule has 1 aromatic rings. The topological polar surface area (TPSA) is 57.4 Å². The molecule has 0 aliphatic rings. The number of alkyl halides is 5. The molecule has 0 aromatic carbocycles. The van der Waals surface area contributed by atoms with Gasteiger partial charge in [-0.3, -0.25) is 0 Å². The Bertz CT molecular complexity index is 422. The summed E-state index contributed by atoms with van der Waals surface area (Å²) >= 11 is 0. The minimum atomic E-state index is -5.12. The van der Waals surface area contributed by atoms with Gasteiger partial charge in [0.25, 0.3) is 12.3 Å². The largest absolute Gasteiger partial charge is 0.573 e. The van der Waals surface area contributed by atoms with E-state index in [1.807, 2.05) is 0 Å². The Labute approximate surface area is 98.5 Å². The lowest BCUT2D eigenvalue weighted by atomic mass is 10.2. The van der Waals surface area contributed by atoms with Crippen LogP contribution in [0, 0.1) is 0 Å². The van der Waals surface area contributed by atoms with E-state index < -0.39 is 30.0 Å². The molecule has 1 aromatic heterocycles. The van der Waals surface area contributed by atoms with Crippen LogP contribution in [0.5, 0.6) is 11.6 Å². The molecule has 2 N–H and O–H groups in total. The average Bonchev–Trinajstić information content (AvgIpc) is 2.26. The van der Waals surface area contributed by atoms with Crippen LogP contribution in [0.3, 0.4) is 0 Å². The van der Waals surface area contributed by atoms with Gasteiger partial charge in [-0.05, 0) is 6.07 Å². The molecule has 102 valence electrons. The number of methoxy groups -OCH3 is 1. The summed E-state index contributed by atoms with van der Waals surface area (Å²) in [6.07, 6.45) is -8.30. The quantitative estimate of drug-likeness (QED) is 0.855. The van der Waals surface area contributed by atoms with Crippen molar-refractivity contribution in [2.24, 2.45) is 5.73 Å². The van der Waals surface area contributed by atoms with Gasteiger partial charge in [0.2, 0.25) is 0 Å². The van der Waals surface area contributed by atoms with Crippen LogP contribution >= 0.6 is 0 Å². The third-order valence-corrected chi connectivity index (χ3v) is 1.88. The fraction of sp³-hybridized carbons (Fsp3) is 0.444. The van der Waals surface area contributed by atoms with Gasteiger partial charge in [-0.15, -0.1) is 13.2 Å². The number of halogens is 5. The molecular weight excluding hydrogens is 263 g/mol. The predicted molar refractivity (Wildman–Crippen MR) is 50.3 cm³/mol. The minimum absolute atomic E-state index is 0.0309. The van der Waals surface area contributed by atoms with Crippen LogP contribution in [-0.4, -0.2) is 18.5 Å². The number of aromatic nitrogens is 1. The van der Waals surface area contributed by atoms with Crippen LogP contribution < -0.4 is 15.2 Å². The lowest BCUT2D eigenvalue weighted by Gasteiger charge is -2.16. The standard InChI is InChI=1S/C9H9F5N2O2/c1-17-8-6(18-9(12,13)14)5(7(10)11)2-4(3-15)16-8/h2,7H,3,15H2,1H3. The minimum Gasteiger partial charge on any atom is -0.478 e. The zero-order chi connectivity index (χ0) is 13.9. The summed E-state index contributed by atoms with van der Waals surface area (Å²) < 4.78 is 69.7. The maximum absolute atomic E-state index is 12.7. The highest BCUT2D eigenvalue weighted by Gasteiger charge is 2.36. The molecule has 0 bridgehead atoms. The Morgan fingerprint density at radius 3 is 2.39 bits per heavy atom. The molecule has 18 heavy (non-hydrogen) atoms. The number of ether oxygens (including phenoxy) is 2. The molecule has 0 spiro atoms. The van der Waals surface area contributed by atoms with Gasteiger partial charge in [-0.1, -0.05) is 0 Å². The Hall–Kier alpha value is -1.64. The molecule has 4 nitrogen and oxygen atoms in total. The smallest absolute Gasteiger partial charge is 0.478 e. The Morgan fingerprint density at radius 2 is 2.00 bits per heavy atom. The molecule has 0 aliphatic heterocycles. The van der Waals surface area contributed by atoms with E-state index in [2.05, 4.69) is 14.5 Å². The Morgan fingerprint density at radius 1 is 1.39 bits per heavy atom. The van der Waals surface area contributed by atoms with Crippen molar-refractivity contribution in [3.05, 3.63) is 17.3 Å². The summed E-state index contributed by atoms with van der Waals surface area (Å²) in [5.41, 5.74) is 4.19. The SMILES string of the molecule is COc1nc(CN)cc(C(F)F)c1OC(F)(F)F. The second kappa shape index (κ2) is 5.34. The average molecular weight is 272 g/mol. The molecule has 0 fully saturated rings. The number of hydrogen-bond acceptors (Lipinski definition) is 4. The van der Waals surface area contributed by atoms with Gasteiger partial charge < -0.3 is 15.2 Å². The highest BCUT2D eigenvalue weighted by Crippen LogP contribution is 2.39. The summed E-state index contributed by atoms with van der Waals surface area (Å²) in [7, 11) is 0.987. The normalized spacial score (nSPS) is 11.8. The van der Waals surface area contributed by atoms with Crippen molar-refractivity contribution >= 4 is 0 Å². The van der Waals surface area contributed by atoms with Crippen molar-refractivity contribution < 1.29 is 31.4 Å². The molecule has 0 atom stereocenters. The first-order valence-corrected chi connectivity index (χ1v) is 4.60. The highest BCUT2D eigenvalue weighted by molar-refractivity contribution is 5.44. The monoisotopic (exact) mass is 272 g/mol. The van der Waals surface area contributed by atoms with Crippen molar-refractivity contribution in [1.29, 1.82) is 0 Å². The molecule has 0 radical (unpaired) electrons. The van der Waals surface area contributed by atoms with Gasteiger partial charge >= 0.3 is 6.36 Å². The van der Waals surface area contributed by atoms with Gasteiger partial charge in [0, 0.05) is 6.54 Å². The van der Waals surface area contributed by atoms with E-state index in [4.69, 9.17) is 5.73 Å². The highest BCUT2D eigenvalue weighted by atomic mass is 19.4. The molecular formula is C9H9F5N2O2. The first kappa shape index (κ1) is 14.4. The van der Waals surface area contributed by atoms with E-state index in [-0.39, 0.29) is 12.2 Å². The summed E-state index contributed by atoms with van der Waals surface area (Å²) in [4.78, 5) is 3.53. The van der Waals surface area contributed by atoms with E-state index in [1.165, 1.54) is 0 Å². The Balaban J connectivity index is 3.35. The van der Waals surface area contributed by atoms with Crippen LogP contribution in [0.15, 0.2) is 6.07 Å². The van der Waals surface area contributed by atoms with Gasteiger partial charge in [-0.25, -0.2) is 13.8 Å². The maximum Gasteiger partial charge on any atom is 0.573 e. The first-order valence-electron chi connectivity index (χ1n) is 4.60. The summed E-state index contributed by atoms with van der Waals surface area (Å²) in [5, 5.41) is 0. The van der Waals surface area contributed by atoms with Gasteiger partial charge in [0.15, 0.2) is 5.75 Å². The molecule has 0 unspecified atom stereocenters. The van der Waals surface area contributed by atoms with E-state index >= 15 is 0 Å². The summed E-state index contributed by atoms with van der Waals surface area (Å²) in [6, 6.07) is 0.744. The maximum atomic E-state index is 12.7. The van der Waals surface area contributed by atoms with Crippen molar-refractivity contribution in [2.45, 2.75) is 19.3 Å². The van der Waals surface area contributed by atoms with Crippen molar-refractivity contribution in [3.63, 3.8) is 0 Å². The molecule has 9 heteroatoms. The van der Waals surface area contributed by atoms with E-state index in [0.29, 0.717) is 0 Å². The molecule has 0 saturated heterocycles. The summed E-state index contributed by atoms with van der Waals surface area (Å²) in [6.45, 7) is -0.220. The van der Waals surface area contributed by atoms with Crippen LogP contribution in [0.25, 0.3) is 0 Å². The molecule has 0 aliphatic carbocycles. The number of hydrogen-bond donors (Lipinski definition) is 1.